The van der Waals surface area contributed by atoms with Crippen molar-refractivity contribution in [2.24, 2.45) is 0 Å². The summed E-state index contributed by atoms with van der Waals surface area (Å²) in [7, 11) is 1.59. The van der Waals surface area contributed by atoms with E-state index in [2.05, 4.69) is 22.8 Å². The van der Waals surface area contributed by atoms with Crippen LogP contribution in [0.4, 0.5) is 10.5 Å². The molecule has 0 saturated carbocycles. The Morgan fingerprint density at radius 3 is 2.62 bits per heavy atom. The molecule has 1 atom stereocenters. The highest BCUT2D eigenvalue weighted by atomic mass is 16.5. The van der Waals surface area contributed by atoms with Gasteiger partial charge in [0.05, 0.1) is 7.11 Å². The lowest BCUT2D eigenvalue weighted by Gasteiger charge is -2.17. The van der Waals surface area contributed by atoms with Crippen LogP contribution in [0.3, 0.4) is 0 Å². The average molecular weight is 328 g/mol. The summed E-state index contributed by atoms with van der Waals surface area (Å²) in [5.41, 5.74) is 1.86. The van der Waals surface area contributed by atoms with Gasteiger partial charge >= 0.3 is 6.03 Å². The molecule has 0 bridgehead atoms. The number of carbonyl (C=O) groups is 1. The summed E-state index contributed by atoms with van der Waals surface area (Å²) < 4.78 is 5.13. The van der Waals surface area contributed by atoms with Crippen LogP contribution in [0, 0.1) is 0 Å². The van der Waals surface area contributed by atoms with Gasteiger partial charge in [0, 0.05) is 24.9 Å². The number of anilines is 1. The Kier molecular flexibility index (Phi) is 7.11. The average Bonchev–Trinajstić information content (AvgIpc) is 2.62. The van der Waals surface area contributed by atoms with Gasteiger partial charge < -0.3 is 20.5 Å². The summed E-state index contributed by atoms with van der Waals surface area (Å²) in [6.07, 6.45) is 1.46. The molecule has 2 aromatic rings. The van der Waals surface area contributed by atoms with Gasteiger partial charge in [-0.1, -0.05) is 36.4 Å². The molecule has 0 fully saturated rings. The molecule has 0 aliphatic carbocycles. The van der Waals surface area contributed by atoms with Crippen LogP contribution in [0.25, 0.3) is 0 Å². The Labute approximate surface area is 142 Å². The molecule has 0 heterocycles. The van der Waals surface area contributed by atoms with E-state index < -0.39 is 0 Å². The van der Waals surface area contributed by atoms with Crippen molar-refractivity contribution in [2.75, 3.05) is 25.6 Å². The summed E-state index contributed by atoms with van der Waals surface area (Å²) >= 11 is 0. The van der Waals surface area contributed by atoms with Crippen molar-refractivity contribution in [1.29, 1.82) is 0 Å². The van der Waals surface area contributed by atoms with Gasteiger partial charge in [-0.05, 0) is 36.5 Å². The number of ether oxygens (including phenoxy) is 1. The van der Waals surface area contributed by atoms with E-state index in [1.807, 2.05) is 30.3 Å². The van der Waals surface area contributed by atoms with E-state index in [-0.39, 0.29) is 18.6 Å². The molecule has 0 aromatic heterocycles. The van der Waals surface area contributed by atoms with Crippen LogP contribution in [0.2, 0.25) is 0 Å². The summed E-state index contributed by atoms with van der Waals surface area (Å²) in [6, 6.07) is 17.0. The van der Waals surface area contributed by atoms with E-state index in [4.69, 9.17) is 4.74 Å². The number of aliphatic hydroxyl groups excluding tert-OH is 1. The van der Waals surface area contributed by atoms with Crippen molar-refractivity contribution in [2.45, 2.75) is 18.8 Å². The molecule has 128 valence electrons. The van der Waals surface area contributed by atoms with Gasteiger partial charge in [0.15, 0.2) is 0 Å². The number of hydrogen-bond acceptors (Lipinski definition) is 3. The molecular weight excluding hydrogens is 304 g/mol. The zero-order chi connectivity index (χ0) is 17.2. The first-order valence-corrected chi connectivity index (χ1v) is 8.07. The number of hydrogen-bond donors (Lipinski definition) is 3. The molecule has 0 aliphatic heterocycles. The van der Waals surface area contributed by atoms with Crippen molar-refractivity contribution >= 4 is 11.7 Å². The molecule has 2 rings (SSSR count). The molecule has 2 aromatic carbocycles. The minimum Gasteiger partial charge on any atom is -0.497 e. The Morgan fingerprint density at radius 1 is 1.12 bits per heavy atom. The van der Waals surface area contributed by atoms with Crippen LogP contribution in [-0.2, 0) is 0 Å². The lowest BCUT2D eigenvalue weighted by atomic mass is 9.93. The predicted octanol–water partition coefficient (Wildman–Crippen LogP) is 3.37. The van der Waals surface area contributed by atoms with Crippen LogP contribution in [0.5, 0.6) is 5.75 Å². The maximum Gasteiger partial charge on any atom is 0.319 e. The lowest BCUT2D eigenvalue weighted by Crippen LogP contribution is -2.30. The Hall–Kier alpha value is -2.53. The fourth-order valence-electron chi connectivity index (χ4n) is 2.59. The Balaban J connectivity index is 1.82. The number of aliphatic hydroxyl groups is 1. The normalized spacial score (nSPS) is 11.6. The summed E-state index contributed by atoms with van der Waals surface area (Å²) in [6.45, 7) is 0.672. The molecule has 0 radical (unpaired) electrons. The van der Waals surface area contributed by atoms with Crippen molar-refractivity contribution in [1.82, 2.24) is 5.32 Å². The van der Waals surface area contributed by atoms with E-state index in [9.17, 15) is 9.90 Å². The molecule has 0 aliphatic rings. The first kappa shape index (κ1) is 17.8. The largest absolute Gasteiger partial charge is 0.497 e. The van der Waals surface area contributed by atoms with Gasteiger partial charge in [0.1, 0.15) is 5.75 Å². The second-order valence-corrected chi connectivity index (χ2v) is 5.52. The monoisotopic (exact) mass is 328 g/mol. The number of urea groups is 1. The SMILES string of the molecule is COc1cccc(NC(=O)NCC[C@@H](CCO)c2ccccc2)c1. The first-order valence-electron chi connectivity index (χ1n) is 8.07. The minimum atomic E-state index is -0.251. The maximum absolute atomic E-state index is 12.0. The molecular formula is C19H24N2O3. The van der Waals surface area contributed by atoms with Crippen LogP contribution in [-0.4, -0.2) is 31.4 Å². The van der Waals surface area contributed by atoms with Gasteiger partial charge in [0.2, 0.25) is 0 Å². The Morgan fingerprint density at radius 2 is 1.92 bits per heavy atom. The predicted molar refractivity (Wildman–Crippen MR) is 95.5 cm³/mol. The molecule has 5 nitrogen and oxygen atoms in total. The first-order chi connectivity index (χ1) is 11.7. The number of rotatable bonds is 8. The lowest BCUT2D eigenvalue weighted by molar-refractivity contribution is 0.250. The zero-order valence-corrected chi connectivity index (χ0v) is 13.9. The zero-order valence-electron chi connectivity index (χ0n) is 13.9. The number of carbonyl (C=O) groups excluding carboxylic acids is 1. The third kappa shape index (κ3) is 5.59. The fraction of sp³-hybridized carbons (Fsp3) is 0.316. The smallest absolute Gasteiger partial charge is 0.319 e. The number of amides is 2. The quantitative estimate of drug-likeness (QED) is 0.696. The summed E-state index contributed by atoms with van der Waals surface area (Å²) in [4.78, 5) is 12.0. The van der Waals surface area contributed by atoms with E-state index in [1.54, 1.807) is 19.2 Å². The van der Waals surface area contributed by atoms with Crippen LogP contribution in [0.15, 0.2) is 54.6 Å². The van der Waals surface area contributed by atoms with E-state index in [0.717, 1.165) is 6.42 Å². The highest BCUT2D eigenvalue weighted by molar-refractivity contribution is 5.89. The standard InChI is InChI=1S/C19H24N2O3/c1-24-18-9-5-8-17(14-18)21-19(23)20-12-10-16(11-13-22)15-6-3-2-4-7-15/h2-9,14,16,22H,10-13H2,1H3,(H2,20,21,23)/t16-/m0/s1. The van der Waals surface area contributed by atoms with Crippen molar-refractivity contribution in [3.8, 4) is 5.75 Å². The van der Waals surface area contributed by atoms with Crippen molar-refractivity contribution in [3.05, 3.63) is 60.2 Å². The van der Waals surface area contributed by atoms with Crippen molar-refractivity contribution < 1.29 is 14.6 Å². The number of nitrogens with one attached hydrogen (secondary N) is 2. The maximum atomic E-state index is 12.0. The second kappa shape index (κ2) is 9.57. The molecule has 3 N–H and O–H groups in total. The Bertz CT molecular complexity index is 632. The van der Waals surface area contributed by atoms with Gasteiger partial charge in [-0.25, -0.2) is 4.79 Å². The molecule has 2 amide bonds. The van der Waals surface area contributed by atoms with Crippen molar-refractivity contribution in [3.63, 3.8) is 0 Å². The topological polar surface area (TPSA) is 70.6 Å². The summed E-state index contributed by atoms with van der Waals surface area (Å²) in [5, 5.41) is 14.9. The van der Waals surface area contributed by atoms with Crippen LogP contribution >= 0.6 is 0 Å². The number of benzene rings is 2. The third-order valence-corrected chi connectivity index (χ3v) is 3.85. The van der Waals surface area contributed by atoms with Gasteiger partial charge in [-0.15, -0.1) is 0 Å². The third-order valence-electron chi connectivity index (χ3n) is 3.85. The van der Waals surface area contributed by atoms with E-state index in [1.165, 1.54) is 5.56 Å². The van der Waals surface area contributed by atoms with E-state index in [0.29, 0.717) is 24.4 Å². The highest BCUT2D eigenvalue weighted by Crippen LogP contribution is 2.22. The highest BCUT2D eigenvalue weighted by Gasteiger charge is 2.11. The molecule has 0 saturated heterocycles. The number of methoxy groups -OCH3 is 1. The van der Waals surface area contributed by atoms with Crippen LogP contribution < -0.4 is 15.4 Å². The molecule has 24 heavy (non-hydrogen) atoms. The van der Waals surface area contributed by atoms with E-state index >= 15 is 0 Å². The second-order valence-electron chi connectivity index (χ2n) is 5.52. The van der Waals surface area contributed by atoms with Gasteiger partial charge in [0.25, 0.3) is 0 Å². The summed E-state index contributed by atoms with van der Waals surface area (Å²) in [5.74, 6) is 0.924. The van der Waals surface area contributed by atoms with Gasteiger partial charge in [-0.2, -0.15) is 0 Å². The molecule has 0 spiro atoms. The fourth-order valence-corrected chi connectivity index (χ4v) is 2.59. The molecule has 5 heteroatoms. The van der Waals surface area contributed by atoms with Crippen LogP contribution in [0.1, 0.15) is 24.3 Å². The minimum absolute atomic E-state index is 0.134. The van der Waals surface area contributed by atoms with Gasteiger partial charge in [-0.3, -0.25) is 0 Å². The molecule has 0 unspecified atom stereocenters.